The summed E-state index contributed by atoms with van der Waals surface area (Å²) in [5.74, 6) is -0.522. The molecule has 1 N–H and O–H groups in total. The normalized spacial score (nSPS) is 10.8. The van der Waals surface area contributed by atoms with Crippen LogP contribution in [0.4, 0.5) is 0 Å². The zero-order valence-electron chi connectivity index (χ0n) is 15.9. The van der Waals surface area contributed by atoms with E-state index < -0.39 is 5.56 Å². The number of nitrogens with one attached hydrogen (secondary N) is 1. The monoisotopic (exact) mass is 355 g/mol. The number of aromatic amines is 1. The zero-order chi connectivity index (χ0) is 19.4. The van der Waals surface area contributed by atoms with Gasteiger partial charge in [0.15, 0.2) is 5.78 Å². The van der Waals surface area contributed by atoms with Crippen LogP contribution < -0.4 is 5.56 Å². The fourth-order valence-electron chi connectivity index (χ4n) is 3.20. The second-order valence-corrected chi connectivity index (χ2v) is 6.59. The summed E-state index contributed by atoms with van der Waals surface area (Å²) >= 11 is 0. The highest BCUT2D eigenvalue weighted by Gasteiger charge is 2.24. The molecule has 0 bridgehead atoms. The van der Waals surface area contributed by atoms with Crippen molar-refractivity contribution in [1.29, 1.82) is 0 Å². The lowest BCUT2D eigenvalue weighted by atomic mass is 9.86. The molecule has 0 fully saturated rings. The van der Waals surface area contributed by atoms with Gasteiger partial charge in [-0.3, -0.25) is 14.4 Å². The van der Waals surface area contributed by atoms with Crippen LogP contribution in [0.5, 0.6) is 0 Å². The average molecular weight is 355 g/mol. The number of ketones is 1. The van der Waals surface area contributed by atoms with Gasteiger partial charge in [0.25, 0.3) is 5.56 Å². The van der Waals surface area contributed by atoms with Gasteiger partial charge in [-0.05, 0) is 43.4 Å². The Morgan fingerprint density at radius 3 is 2.42 bits per heavy atom. The maximum atomic E-state index is 12.5. The highest BCUT2D eigenvalue weighted by molar-refractivity contribution is 6.02. The van der Waals surface area contributed by atoms with Crippen LogP contribution in [0, 0.1) is 6.92 Å². The molecular formula is C21H25NO4. The van der Waals surface area contributed by atoms with E-state index in [0.717, 1.165) is 11.1 Å². The molecule has 1 aromatic carbocycles. The average Bonchev–Trinajstić information content (AvgIpc) is 2.56. The Morgan fingerprint density at radius 1 is 1.19 bits per heavy atom. The Hall–Kier alpha value is -2.69. The minimum Gasteiger partial charge on any atom is -0.466 e. The Balaban J connectivity index is 2.87. The summed E-state index contributed by atoms with van der Waals surface area (Å²) in [6, 6.07) is 7.67. The third kappa shape index (κ3) is 3.93. The number of hydrogen-bond acceptors (Lipinski definition) is 4. The zero-order valence-corrected chi connectivity index (χ0v) is 15.9. The van der Waals surface area contributed by atoms with Crippen molar-refractivity contribution >= 4 is 11.8 Å². The molecule has 0 saturated heterocycles. The van der Waals surface area contributed by atoms with Gasteiger partial charge >= 0.3 is 5.97 Å². The summed E-state index contributed by atoms with van der Waals surface area (Å²) in [4.78, 5) is 39.7. The molecule has 0 unspecified atom stereocenters. The smallest absolute Gasteiger partial charge is 0.310 e. The molecule has 5 heteroatoms. The maximum absolute atomic E-state index is 12.5. The number of H-pyrrole nitrogens is 1. The highest BCUT2D eigenvalue weighted by atomic mass is 16.5. The minimum atomic E-state index is -0.434. The predicted octanol–water partition coefficient (Wildman–Crippen LogP) is 3.78. The summed E-state index contributed by atoms with van der Waals surface area (Å²) < 4.78 is 5.08. The van der Waals surface area contributed by atoms with Crippen molar-refractivity contribution < 1.29 is 14.3 Å². The van der Waals surface area contributed by atoms with Crippen molar-refractivity contribution in [2.45, 2.75) is 47.0 Å². The number of carbonyl (C=O) groups excluding carboxylic acids is 2. The van der Waals surface area contributed by atoms with Crippen molar-refractivity contribution in [2.75, 3.05) is 6.61 Å². The van der Waals surface area contributed by atoms with Gasteiger partial charge in [0.2, 0.25) is 0 Å². The molecule has 0 aliphatic carbocycles. The Morgan fingerprint density at radius 2 is 1.85 bits per heavy atom. The third-order valence-electron chi connectivity index (χ3n) is 4.36. The van der Waals surface area contributed by atoms with E-state index >= 15 is 0 Å². The van der Waals surface area contributed by atoms with Crippen LogP contribution in [-0.2, 0) is 16.0 Å². The van der Waals surface area contributed by atoms with Gasteiger partial charge in [0, 0.05) is 11.3 Å². The van der Waals surface area contributed by atoms with E-state index in [0.29, 0.717) is 16.8 Å². The lowest BCUT2D eigenvalue weighted by Crippen LogP contribution is -2.23. The molecule has 0 aliphatic rings. The highest BCUT2D eigenvalue weighted by Crippen LogP contribution is 2.34. The van der Waals surface area contributed by atoms with E-state index in [4.69, 9.17) is 4.74 Å². The third-order valence-corrected chi connectivity index (χ3v) is 4.36. The first kappa shape index (κ1) is 19.6. The molecule has 0 spiro atoms. The number of aromatic nitrogens is 1. The number of rotatable bonds is 6. The van der Waals surface area contributed by atoms with Crippen molar-refractivity contribution in [3.8, 4) is 11.1 Å². The fourth-order valence-corrected chi connectivity index (χ4v) is 3.20. The van der Waals surface area contributed by atoms with E-state index in [1.165, 1.54) is 6.92 Å². The lowest BCUT2D eigenvalue weighted by Gasteiger charge is -2.19. The van der Waals surface area contributed by atoms with Crippen LogP contribution >= 0.6 is 0 Å². The first-order valence-corrected chi connectivity index (χ1v) is 8.79. The predicted molar refractivity (Wildman–Crippen MR) is 102 cm³/mol. The van der Waals surface area contributed by atoms with E-state index in [1.807, 2.05) is 24.3 Å². The molecule has 2 rings (SSSR count). The van der Waals surface area contributed by atoms with Crippen molar-refractivity contribution in [2.24, 2.45) is 0 Å². The quantitative estimate of drug-likeness (QED) is 0.632. The summed E-state index contributed by atoms with van der Waals surface area (Å²) in [6.45, 7) is 9.23. The number of hydrogen-bond donors (Lipinski definition) is 1. The van der Waals surface area contributed by atoms with Gasteiger partial charge in [-0.1, -0.05) is 38.1 Å². The molecule has 0 saturated carbocycles. The number of pyridine rings is 1. The van der Waals surface area contributed by atoms with Crippen molar-refractivity contribution in [3.63, 3.8) is 0 Å². The number of carbonyl (C=O) groups is 2. The number of esters is 1. The largest absolute Gasteiger partial charge is 0.466 e. The molecule has 26 heavy (non-hydrogen) atoms. The molecule has 0 radical (unpaired) electrons. The van der Waals surface area contributed by atoms with Crippen LogP contribution in [0.2, 0.25) is 0 Å². The first-order chi connectivity index (χ1) is 12.3. The van der Waals surface area contributed by atoms with Gasteiger partial charge < -0.3 is 9.72 Å². The SMILES string of the molecule is CCOC(=O)Cc1c(C)[nH]c(=O)c(C(C)=O)c1-c1ccccc1C(C)C. The second-order valence-electron chi connectivity index (χ2n) is 6.59. The fraction of sp³-hybridized carbons (Fsp3) is 0.381. The molecule has 5 nitrogen and oxygen atoms in total. The van der Waals surface area contributed by atoms with Gasteiger partial charge in [0.05, 0.1) is 18.6 Å². The van der Waals surface area contributed by atoms with E-state index in [1.54, 1.807) is 13.8 Å². The van der Waals surface area contributed by atoms with Gasteiger partial charge in [-0.25, -0.2) is 0 Å². The lowest BCUT2D eigenvalue weighted by molar-refractivity contribution is -0.142. The molecular weight excluding hydrogens is 330 g/mol. The molecule has 138 valence electrons. The molecule has 1 aromatic heterocycles. The van der Waals surface area contributed by atoms with Gasteiger partial charge in [0.1, 0.15) is 0 Å². The van der Waals surface area contributed by atoms with Crippen LogP contribution in [-0.4, -0.2) is 23.3 Å². The standard InChI is InChI=1S/C21H25NO4/c1-6-26-18(24)11-17-13(4)22-21(25)19(14(5)23)20(17)16-10-8-7-9-15(16)12(2)3/h7-10,12H,6,11H2,1-5H3,(H,22,25). The molecule has 0 aliphatic heterocycles. The van der Waals surface area contributed by atoms with Crippen LogP contribution in [0.3, 0.4) is 0 Å². The van der Waals surface area contributed by atoms with Crippen LogP contribution in [0.1, 0.15) is 60.8 Å². The van der Waals surface area contributed by atoms with Crippen LogP contribution in [0.15, 0.2) is 29.1 Å². The van der Waals surface area contributed by atoms with E-state index in [-0.39, 0.29) is 36.3 Å². The molecule has 0 amide bonds. The van der Waals surface area contributed by atoms with E-state index in [9.17, 15) is 14.4 Å². The van der Waals surface area contributed by atoms with Crippen LogP contribution in [0.25, 0.3) is 11.1 Å². The number of Topliss-reactive ketones (excluding diaryl/α,β-unsaturated/α-hetero) is 1. The number of aryl methyl sites for hydroxylation is 1. The maximum Gasteiger partial charge on any atom is 0.310 e. The molecule has 2 aromatic rings. The Labute approximate surface area is 153 Å². The summed E-state index contributed by atoms with van der Waals surface area (Å²) in [5.41, 5.74) is 3.21. The van der Waals surface area contributed by atoms with Gasteiger partial charge in [-0.15, -0.1) is 0 Å². The Bertz CT molecular complexity index is 893. The Kier molecular flexibility index (Phi) is 6.14. The number of benzene rings is 1. The number of ether oxygens (including phenoxy) is 1. The topological polar surface area (TPSA) is 76.2 Å². The van der Waals surface area contributed by atoms with E-state index in [2.05, 4.69) is 18.8 Å². The molecule has 0 atom stereocenters. The summed E-state index contributed by atoms with van der Waals surface area (Å²) in [6.07, 6.45) is -0.00149. The first-order valence-electron chi connectivity index (χ1n) is 8.79. The van der Waals surface area contributed by atoms with Gasteiger partial charge in [-0.2, -0.15) is 0 Å². The second kappa shape index (κ2) is 8.13. The minimum absolute atomic E-state index is 0.00149. The molecule has 1 heterocycles. The summed E-state index contributed by atoms with van der Waals surface area (Å²) in [7, 11) is 0. The van der Waals surface area contributed by atoms with Crippen molar-refractivity contribution in [3.05, 3.63) is 57.0 Å². The van der Waals surface area contributed by atoms with Crippen molar-refractivity contribution in [1.82, 2.24) is 4.98 Å². The summed E-state index contributed by atoms with van der Waals surface area (Å²) in [5, 5.41) is 0.